The second-order valence-corrected chi connectivity index (χ2v) is 8.25. The molecular formula is C22H27BO. The zero-order chi connectivity index (χ0) is 17.5. The molecule has 3 rings (SSSR count). The minimum Gasteiger partial charge on any atom is -0.426 e. The molecule has 0 saturated carbocycles. The van der Waals surface area contributed by atoms with E-state index in [0.29, 0.717) is 0 Å². The van der Waals surface area contributed by atoms with Crippen molar-refractivity contribution in [1.29, 1.82) is 0 Å². The highest BCUT2D eigenvalue weighted by Crippen LogP contribution is 2.34. The summed E-state index contributed by atoms with van der Waals surface area (Å²) in [6, 6.07) is 19.5. The Morgan fingerprint density at radius 3 is 1.92 bits per heavy atom. The highest BCUT2D eigenvalue weighted by atomic mass is 16.5. The molecule has 24 heavy (non-hydrogen) atoms. The molecule has 0 spiro atoms. The SMILES string of the molecule is CB(OC(C)(C)C(C)(C)C)c1cc2ccccc2c2ccccc12. The van der Waals surface area contributed by atoms with E-state index in [4.69, 9.17) is 4.65 Å². The fourth-order valence-electron chi connectivity index (χ4n) is 3.10. The third kappa shape index (κ3) is 2.96. The van der Waals surface area contributed by atoms with Crippen LogP contribution in [-0.4, -0.2) is 12.5 Å². The van der Waals surface area contributed by atoms with Crippen LogP contribution in [0.25, 0.3) is 21.5 Å². The van der Waals surface area contributed by atoms with Gasteiger partial charge in [-0.2, -0.15) is 0 Å². The van der Waals surface area contributed by atoms with E-state index in [1.54, 1.807) is 0 Å². The van der Waals surface area contributed by atoms with E-state index in [9.17, 15) is 0 Å². The van der Waals surface area contributed by atoms with Crippen molar-refractivity contribution in [3.63, 3.8) is 0 Å². The average Bonchev–Trinajstić information content (AvgIpc) is 2.52. The van der Waals surface area contributed by atoms with Gasteiger partial charge < -0.3 is 4.65 Å². The molecule has 0 radical (unpaired) electrons. The summed E-state index contributed by atoms with van der Waals surface area (Å²) in [5.74, 6) is 0. The Bertz CT molecular complexity index is 874. The zero-order valence-corrected chi connectivity index (χ0v) is 15.7. The minimum atomic E-state index is -0.209. The van der Waals surface area contributed by atoms with Crippen LogP contribution in [0.15, 0.2) is 54.6 Å². The lowest BCUT2D eigenvalue weighted by molar-refractivity contribution is 0.000500. The van der Waals surface area contributed by atoms with Gasteiger partial charge in [0.05, 0.1) is 5.60 Å². The maximum atomic E-state index is 6.55. The molecule has 0 fully saturated rings. The fraction of sp³-hybridized carbons (Fsp3) is 0.364. The maximum Gasteiger partial charge on any atom is 0.324 e. The average molecular weight is 318 g/mol. The van der Waals surface area contributed by atoms with Gasteiger partial charge in [-0.25, -0.2) is 0 Å². The smallest absolute Gasteiger partial charge is 0.324 e. The summed E-state index contributed by atoms with van der Waals surface area (Å²) in [6.07, 6.45) is 0. The Hall–Kier alpha value is -1.80. The van der Waals surface area contributed by atoms with Crippen molar-refractivity contribution in [2.75, 3.05) is 0 Å². The van der Waals surface area contributed by atoms with Crippen LogP contribution in [-0.2, 0) is 4.65 Å². The Morgan fingerprint density at radius 2 is 1.29 bits per heavy atom. The topological polar surface area (TPSA) is 9.23 Å². The van der Waals surface area contributed by atoms with Crippen LogP contribution in [0.3, 0.4) is 0 Å². The predicted molar refractivity (Wildman–Crippen MR) is 107 cm³/mol. The molecule has 0 aromatic heterocycles. The van der Waals surface area contributed by atoms with Gasteiger partial charge in [-0.3, -0.25) is 0 Å². The van der Waals surface area contributed by atoms with Gasteiger partial charge in [0.15, 0.2) is 0 Å². The summed E-state index contributed by atoms with van der Waals surface area (Å²) in [7, 11) is 0. The van der Waals surface area contributed by atoms with Gasteiger partial charge in [0.1, 0.15) is 0 Å². The summed E-state index contributed by atoms with van der Waals surface area (Å²) in [5, 5.41) is 5.16. The number of hydrogen-bond acceptors (Lipinski definition) is 1. The summed E-state index contributed by atoms with van der Waals surface area (Å²) in [4.78, 5) is 0. The van der Waals surface area contributed by atoms with E-state index in [-0.39, 0.29) is 17.9 Å². The highest BCUT2D eigenvalue weighted by molar-refractivity contribution is 6.69. The third-order valence-corrected chi connectivity index (χ3v) is 5.52. The molecule has 0 aliphatic carbocycles. The first-order valence-electron chi connectivity index (χ1n) is 8.79. The first-order chi connectivity index (χ1) is 11.2. The first kappa shape index (κ1) is 17.0. The molecule has 0 N–H and O–H groups in total. The van der Waals surface area contributed by atoms with E-state index >= 15 is 0 Å². The number of benzene rings is 3. The summed E-state index contributed by atoms with van der Waals surface area (Å²) < 4.78 is 6.55. The lowest BCUT2D eigenvalue weighted by Crippen LogP contribution is -2.47. The van der Waals surface area contributed by atoms with Crippen LogP contribution < -0.4 is 5.46 Å². The van der Waals surface area contributed by atoms with Gasteiger partial charge in [-0.05, 0) is 46.3 Å². The van der Waals surface area contributed by atoms with Crippen molar-refractivity contribution in [2.24, 2.45) is 5.41 Å². The highest BCUT2D eigenvalue weighted by Gasteiger charge is 2.36. The van der Waals surface area contributed by atoms with E-state index in [1.165, 1.54) is 27.0 Å². The van der Waals surface area contributed by atoms with E-state index in [2.05, 4.69) is 96.0 Å². The number of fused-ring (bicyclic) bond motifs is 3. The Morgan fingerprint density at radius 1 is 0.750 bits per heavy atom. The molecular weight excluding hydrogens is 291 g/mol. The van der Waals surface area contributed by atoms with Crippen LogP contribution in [0, 0.1) is 5.41 Å². The molecule has 2 heteroatoms. The van der Waals surface area contributed by atoms with Crippen LogP contribution in [0.5, 0.6) is 0 Å². The molecule has 3 aromatic rings. The molecule has 0 heterocycles. The maximum absolute atomic E-state index is 6.55. The Balaban J connectivity index is 2.14. The molecule has 3 aromatic carbocycles. The largest absolute Gasteiger partial charge is 0.426 e. The second-order valence-electron chi connectivity index (χ2n) is 8.25. The van der Waals surface area contributed by atoms with Crippen molar-refractivity contribution < 1.29 is 4.65 Å². The van der Waals surface area contributed by atoms with Crippen LogP contribution >= 0.6 is 0 Å². The molecule has 0 saturated heterocycles. The predicted octanol–water partition coefficient (Wildman–Crippen LogP) is 5.66. The van der Waals surface area contributed by atoms with Gasteiger partial charge in [0, 0.05) is 0 Å². The normalized spacial score (nSPS) is 12.8. The molecule has 0 aliphatic heterocycles. The van der Waals surface area contributed by atoms with Gasteiger partial charge in [0.25, 0.3) is 0 Å². The first-order valence-corrected chi connectivity index (χ1v) is 8.79. The minimum absolute atomic E-state index is 0.0359. The molecule has 0 bridgehead atoms. The van der Waals surface area contributed by atoms with E-state index in [1.807, 2.05) is 0 Å². The van der Waals surface area contributed by atoms with Crippen LogP contribution in [0.2, 0.25) is 6.82 Å². The van der Waals surface area contributed by atoms with Crippen LogP contribution in [0.1, 0.15) is 34.6 Å². The molecule has 1 nitrogen and oxygen atoms in total. The monoisotopic (exact) mass is 318 g/mol. The molecule has 0 atom stereocenters. The second kappa shape index (κ2) is 5.93. The Kier molecular flexibility index (Phi) is 4.21. The van der Waals surface area contributed by atoms with E-state index in [0.717, 1.165) is 0 Å². The van der Waals surface area contributed by atoms with Crippen molar-refractivity contribution in [2.45, 2.75) is 47.0 Å². The third-order valence-electron chi connectivity index (χ3n) is 5.52. The van der Waals surface area contributed by atoms with Crippen molar-refractivity contribution in [3.05, 3.63) is 54.6 Å². The lowest BCUT2D eigenvalue weighted by Gasteiger charge is -2.41. The Labute approximate surface area is 146 Å². The van der Waals surface area contributed by atoms with Crippen LogP contribution in [0.4, 0.5) is 0 Å². The number of rotatable bonds is 3. The standard InChI is InChI=1S/C22H27BO/c1-21(2,3)22(4,5)24-23(6)20-15-16-11-7-8-12-17(16)18-13-9-10-14-19(18)20/h7-15H,1-6H3. The fourth-order valence-corrected chi connectivity index (χ4v) is 3.10. The number of hydrogen-bond donors (Lipinski definition) is 0. The van der Waals surface area contributed by atoms with E-state index < -0.39 is 0 Å². The molecule has 0 amide bonds. The molecule has 124 valence electrons. The van der Waals surface area contributed by atoms with Gasteiger partial charge in [0.2, 0.25) is 0 Å². The van der Waals surface area contributed by atoms with Gasteiger partial charge >= 0.3 is 6.92 Å². The van der Waals surface area contributed by atoms with Crippen molar-refractivity contribution in [3.8, 4) is 0 Å². The molecule has 0 unspecified atom stereocenters. The summed E-state index contributed by atoms with van der Waals surface area (Å²) in [5.41, 5.74) is 1.13. The van der Waals surface area contributed by atoms with Crippen molar-refractivity contribution in [1.82, 2.24) is 0 Å². The molecule has 0 aliphatic rings. The zero-order valence-electron chi connectivity index (χ0n) is 15.7. The van der Waals surface area contributed by atoms with Gasteiger partial charge in [-0.1, -0.05) is 82.2 Å². The van der Waals surface area contributed by atoms with Crippen molar-refractivity contribution >= 4 is 33.9 Å². The lowest BCUT2D eigenvalue weighted by atomic mass is 9.60. The van der Waals surface area contributed by atoms with Gasteiger partial charge in [-0.15, -0.1) is 0 Å². The quantitative estimate of drug-likeness (QED) is 0.447. The summed E-state index contributed by atoms with van der Waals surface area (Å²) in [6.45, 7) is 13.3. The summed E-state index contributed by atoms with van der Waals surface area (Å²) >= 11 is 0.